The minimum absolute atomic E-state index is 0.0103. The first-order chi connectivity index (χ1) is 13.9. The first-order valence-electron chi connectivity index (χ1n) is 10.5. The van der Waals surface area contributed by atoms with Crippen LogP contribution in [0.4, 0.5) is 0 Å². The maximum atomic E-state index is 13.5. The summed E-state index contributed by atoms with van der Waals surface area (Å²) in [5.41, 5.74) is 3.53. The molecule has 1 aromatic carbocycles. The number of benzene rings is 1. The van der Waals surface area contributed by atoms with Crippen LogP contribution in [0.3, 0.4) is 0 Å². The second kappa shape index (κ2) is 7.75. The van der Waals surface area contributed by atoms with Gasteiger partial charge in [0.1, 0.15) is 5.75 Å². The quantitative estimate of drug-likeness (QED) is 0.862. The van der Waals surface area contributed by atoms with Crippen LogP contribution in [-0.2, 0) is 17.8 Å². The molecular weight excluding hydrogens is 364 g/mol. The fraction of sp³-hybridized carbons (Fsp3) is 0.522. The van der Waals surface area contributed by atoms with E-state index in [-0.39, 0.29) is 11.9 Å². The summed E-state index contributed by atoms with van der Waals surface area (Å²) in [5.74, 6) is 1.51. The van der Waals surface area contributed by atoms with Crippen LogP contribution in [0.25, 0.3) is 0 Å². The third-order valence-corrected chi connectivity index (χ3v) is 6.07. The molecular formula is C23H30N4O2. The lowest BCUT2D eigenvalue weighted by Crippen LogP contribution is -2.49. The largest absolute Gasteiger partial charge is 0.478 e. The molecule has 0 bridgehead atoms. The van der Waals surface area contributed by atoms with Crippen LogP contribution in [0.5, 0.6) is 5.75 Å². The highest BCUT2D eigenvalue weighted by Crippen LogP contribution is 2.34. The van der Waals surface area contributed by atoms with Gasteiger partial charge < -0.3 is 15.0 Å². The van der Waals surface area contributed by atoms with Crippen molar-refractivity contribution in [2.45, 2.75) is 65.1 Å². The van der Waals surface area contributed by atoms with Crippen molar-refractivity contribution in [3.8, 4) is 5.75 Å². The molecule has 2 aliphatic heterocycles. The van der Waals surface area contributed by atoms with Gasteiger partial charge in [0, 0.05) is 43.5 Å². The summed E-state index contributed by atoms with van der Waals surface area (Å²) >= 11 is 0. The number of likely N-dealkylation sites (tertiary alicyclic amines) is 1. The van der Waals surface area contributed by atoms with Crippen molar-refractivity contribution in [2.75, 3.05) is 13.1 Å². The van der Waals surface area contributed by atoms with Crippen molar-refractivity contribution in [3.05, 3.63) is 52.6 Å². The fourth-order valence-electron chi connectivity index (χ4n) is 4.19. The van der Waals surface area contributed by atoms with Gasteiger partial charge in [-0.05, 0) is 57.7 Å². The fourth-order valence-corrected chi connectivity index (χ4v) is 4.19. The first-order valence-corrected chi connectivity index (χ1v) is 10.5. The van der Waals surface area contributed by atoms with Gasteiger partial charge in [0.15, 0.2) is 11.4 Å². The van der Waals surface area contributed by atoms with Crippen LogP contribution < -0.4 is 10.1 Å². The topological polar surface area (TPSA) is 67.3 Å². The number of aromatic nitrogens is 2. The Morgan fingerprint density at radius 2 is 2.14 bits per heavy atom. The Hall–Kier alpha value is -2.47. The number of hydrogen-bond acceptors (Lipinski definition) is 5. The molecule has 1 fully saturated rings. The molecule has 1 atom stereocenters. The van der Waals surface area contributed by atoms with E-state index in [1.54, 1.807) is 0 Å². The number of ether oxygens (including phenoxy) is 1. The maximum absolute atomic E-state index is 13.5. The third kappa shape index (κ3) is 3.86. The predicted molar refractivity (Wildman–Crippen MR) is 112 cm³/mol. The van der Waals surface area contributed by atoms with Crippen LogP contribution in [0.15, 0.2) is 24.4 Å². The molecule has 154 valence electrons. The summed E-state index contributed by atoms with van der Waals surface area (Å²) in [7, 11) is 0. The molecule has 0 saturated carbocycles. The standard InChI is InChI=1S/C23H30N4O2/c1-15-7-5-9-20(16(15)2)29-23(3,4)22(28)27-12-6-8-19(27)21-25-14-17-13-24-11-10-18(17)26-21/h5,7,9,14,19,24H,6,8,10-13H2,1-4H3. The number of rotatable bonds is 4. The highest BCUT2D eigenvalue weighted by atomic mass is 16.5. The predicted octanol–water partition coefficient (Wildman–Crippen LogP) is 3.26. The molecule has 2 aromatic rings. The van der Waals surface area contributed by atoms with E-state index in [2.05, 4.69) is 23.3 Å². The van der Waals surface area contributed by atoms with Crippen LogP contribution in [0.2, 0.25) is 0 Å². The van der Waals surface area contributed by atoms with Gasteiger partial charge >= 0.3 is 0 Å². The molecule has 6 nitrogen and oxygen atoms in total. The van der Waals surface area contributed by atoms with Crippen molar-refractivity contribution >= 4 is 5.91 Å². The average molecular weight is 395 g/mol. The van der Waals surface area contributed by atoms with Gasteiger partial charge in [-0.25, -0.2) is 9.97 Å². The molecule has 1 amide bonds. The maximum Gasteiger partial charge on any atom is 0.266 e. The second-order valence-corrected chi connectivity index (χ2v) is 8.59. The van der Waals surface area contributed by atoms with Gasteiger partial charge in [-0.2, -0.15) is 0 Å². The van der Waals surface area contributed by atoms with E-state index >= 15 is 0 Å². The molecule has 2 aliphatic rings. The normalized spacial score (nSPS) is 19.2. The Balaban J connectivity index is 1.56. The van der Waals surface area contributed by atoms with Gasteiger partial charge in [-0.15, -0.1) is 0 Å². The Kier molecular flexibility index (Phi) is 5.30. The molecule has 0 spiro atoms. The number of nitrogens with zero attached hydrogens (tertiary/aromatic N) is 3. The number of aryl methyl sites for hydroxylation is 1. The zero-order chi connectivity index (χ0) is 20.6. The van der Waals surface area contributed by atoms with Gasteiger partial charge in [-0.1, -0.05) is 12.1 Å². The average Bonchev–Trinajstić information content (AvgIpc) is 3.20. The molecule has 1 N–H and O–H groups in total. The third-order valence-electron chi connectivity index (χ3n) is 6.07. The summed E-state index contributed by atoms with van der Waals surface area (Å²) in [6, 6.07) is 5.87. The van der Waals surface area contributed by atoms with Crippen molar-refractivity contribution < 1.29 is 9.53 Å². The summed E-state index contributed by atoms with van der Waals surface area (Å²) < 4.78 is 6.22. The van der Waals surface area contributed by atoms with E-state index < -0.39 is 5.60 Å². The summed E-state index contributed by atoms with van der Waals surface area (Å²) in [4.78, 5) is 24.8. The summed E-state index contributed by atoms with van der Waals surface area (Å²) in [5, 5.41) is 3.35. The molecule has 29 heavy (non-hydrogen) atoms. The van der Waals surface area contributed by atoms with E-state index in [4.69, 9.17) is 9.72 Å². The number of fused-ring (bicyclic) bond motifs is 1. The van der Waals surface area contributed by atoms with E-state index in [9.17, 15) is 4.79 Å². The number of nitrogens with one attached hydrogen (secondary N) is 1. The molecule has 0 aliphatic carbocycles. The Bertz CT molecular complexity index is 925. The molecule has 0 radical (unpaired) electrons. The van der Waals surface area contributed by atoms with Crippen LogP contribution in [-0.4, -0.2) is 39.5 Å². The lowest BCUT2D eigenvalue weighted by Gasteiger charge is -2.33. The number of carbonyl (C=O) groups excluding carboxylic acids is 1. The van der Waals surface area contributed by atoms with Crippen molar-refractivity contribution in [2.24, 2.45) is 0 Å². The molecule has 1 aromatic heterocycles. The molecule has 6 heteroatoms. The first kappa shape index (κ1) is 19.8. The van der Waals surface area contributed by atoms with Crippen molar-refractivity contribution in [1.82, 2.24) is 20.2 Å². The summed E-state index contributed by atoms with van der Waals surface area (Å²) in [6.07, 6.45) is 4.68. The van der Waals surface area contributed by atoms with Crippen molar-refractivity contribution in [3.63, 3.8) is 0 Å². The highest BCUT2D eigenvalue weighted by molar-refractivity contribution is 5.85. The van der Waals surface area contributed by atoms with Gasteiger partial charge in [0.25, 0.3) is 5.91 Å². The van der Waals surface area contributed by atoms with Crippen LogP contribution in [0.1, 0.15) is 60.9 Å². The zero-order valence-electron chi connectivity index (χ0n) is 17.8. The lowest BCUT2D eigenvalue weighted by molar-refractivity contribution is -0.146. The number of amides is 1. The molecule has 1 saturated heterocycles. The van der Waals surface area contributed by atoms with Gasteiger partial charge in [-0.3, -0.25) is 4.79 Å². The number of carbonyl (C=O) groups is 1. The monoisotopic (exact) mass is 394 g/mol. The minimum atomic E-state index is -0.959. The second-order valence-electron chi connectivity index (χ2n) is 8.59. The van der Waals surface area contributed by atoms with E-state index in [1.165, 1.54) is 0 Å². The smallest absolute Gasteiger partial charge is 0.266 e. The van der Waals surface area contributed by atoms with E-state index in [1.807, 2.05) is 44.0 Å². The van der Waals surface area contributed by atoms with Crippen LogP contribution >= 0.6 is 0 Å². The molecule has 4 rings (SSSR count). The SMILES string of the molecule is Cc1cccc(OC(C)(C)C(=O)N2CCCC2c2ncc3c(n2)CCNC3)c1C. The van der Waals surface area contributed by atoms with Crippen LogP contribution in [0, 0.1) is 13.8 Å². The Morgan fingerprint density at radius 3 is 2.97 bits per heavy atom. The van der Waals surface area contributed by atoms with Gasteiger partial charge in [0.2, 0.25) is 0 Å². The zero-order valence-corrected chi connectivity index (χ0v) is 17.8. The number of hydrogen-bond donors (Lipinski definition) is 1. The highest BCUT2D eigenvalue weighted by Gasteiger charge is 2.41. The lowest BCUT2D eigenvalue weighted by atomic mass is 10.0. The van der Waals surface area contributed by atoms with E-state index in [0.29, 0.717) is 6.54 Å². The summed E-state index contributed by atoms with van der Waals surface area (Å²) in [6.45, 7) is 10.3. The molecule has 1 unspecified atom stereocenters. The van der Waals surface area contributed by atoms with Crippen molar-refractivity contribution in [1.29, 1.82) is 0 Å². The Labute approximate surface area is 172 Å². The molecule has 3 heterocycles. The van der Waals surface area contributed by atoms with E-state index in [0.717, 1.165) is 66.3 Å². The Morgan fingerprint density at radius 1 is 1.31 bits per heavy atom. The minimum Gasteiger partial charge on any atom is -0.478 e. The van der Waals surface area contributed by atoms with Gasteiger partial charge in [0.05, 0.1) is 6.04 Å².